The maximum atomic E-state index is 12.4. The third-order valence-electron chi connectivity index (χ3n) is 4.35. The molecule has 8 heteroatoms. The number of piperidine rings is 1. The van der Waals surface area contributed by atoms with Crippen LogP contribution in [0.4, 0.5) is 5.82 Å². The van der Waals surface area contributed by atoms with E-state index in [2.05, 4.69) is 25.8 Å². The lowest BCUT2D eigenvalue weighted by molar-refractivity contribution is 0.319. The van der Waals surface area contributed by atoms with E-state index < -0.39 is 10.0 Å². The number of rotatable bonds is 4. The van der Waals surface area contributed by atoms with Gasteiger partial charge in [-0.2, -0.15) is 4.31 Å². The molecule has 5 nitrogen and oxygen atoms in total. The number of anilines is 1. The first kappa shape index (κ1) is 16.5. The van der Waals surface area contributed by atoms with Crippen molar-refractivity contribution in [1.82, 2.24) is 9.29 Å². The lowest BCUT2D eigenvalue weighted by Gasteiger charge is -2.38. The first-order valence-corrected chi connectivity index (χ1v) is 10.1. The standard InChI is InChI=1S/C14H19BrClN3O2S/c1-18(22(20,21)12-4-5-12)11-3-2-6-19(9-11)14-13(16)7-10(15)8-17-14/h7-8,11-12H,2-6,9H2,1H3. The average molecular weight is 409 g/mol. The Morgan fingerprint density at radius 2 is 2.14 bits per heavy atom. The van der Waals surface area contributed by atoms with Crippen molar-refractivity contribution in [2.24, 2.45) is 0 Å². The highest BCUT2D eigenvalue weighted by Crippen LogP contribution is 2.34. The molecule has 0 bridgehead atoms. The first-order valence-electron chi connectivity index (χ1n) is 7.42. The summed E-state index contributed by atoms with van der Waals surface area (Å²) in [6.07, 6.45) is 5.12. The van der Waals surface area contributed by atoms with Crippen LogP contribution in [-0.4, -0.2) is 49.1 Å². The van der Waals surface area contributed by atoms with Crippen LogP contribution in [0.3, 0.4) is 0 Å². The summed E-state index contributed by atoms with van der Waals surface area (Å²) in [6, 6.07) is 1.80. The van der Waals surface area contributed by atoms with Crippen LogP contribution in [0.1, 0.15) is 25.7 Å². The Balaban J connectivity index is 1.76. The van der Waals surface area contributed by atoms with Crippen LogP contribution in [0.2, 0.25) is 5.02 Å². The van der Waals surface area contributed by atoms with E-state index in [9.17, 15) is 8.42 Å². The molecule has 3 rings (SSSR count). The van der Waals surface area contributed by atoms with E-state index in [0.717, 1.165) is 42.5 Å². The molecule has 1 aromatic heterocycles. The highest BCUT2D eigenvalue weighted by Gasteiger charge is 2.41. The van der Waals surface area contributed by atoms with E-state index in [1.54, 1.807) is 17.5 Å². The van der Waals surface area contributed by atoms with Crippen molar-refractivity contribution in [3.8, 4) is 0 Å². The number of nitrogens with zero attached hydrogens (tertiary/aromatic N) is 3. The van der Waals surface area contributed by atoms with Crippen molar-refractivity contribution in [2.75, 3.05) is 25.0 Å². The van der Waals surface area contributed by atoms with Crippen LogP contribution in [0.5, 0.6) is 0 Å². The second kappa shape index (κ2) is 6.26. The van der Waals surface area contributed by atoms with Crippen molar-refractivity contribution in [1.29, 1.82) is 0 Å². The van der Waals surface area contributed by atoms with Gasteiger partial charge in [0.15, 0.2) is 0 Å². The Morgan fingerprint density at radius 1 is 1.41 bits per heavy atom. The summed E-state index contributed by atoms with van der Waals surface area (Å²) in [5.74, 6) is 0.729. The third kappa shape index (κ3) is 3.27. The summed E-state index contributed by atoms with van der Waals surface area (Å²) >= 11 is 9.63. The molecule has 1 aliphatic carbocycles. The molecule has 1 saturated heterocycles. The molecule has 0 N–H and O–H groups in total. The number of sulfonamides is 1. The molecule has 1 saturated carbocycles. The van der Waals surface area contributed by atoms with Crippen LogP contribution in [0.15, 0.2) is 16.7 Å². The van der Waals surface area contributed by atoms with Gasteiger partial charge in [0, 0.05) is 36.8 Å². The Hall–Kier alpha value is -0.370. The van der Waals surface area contributed by atoms with E-state index >= 15 is 0 Å². The topological polar surface area (TPSA) is 53.5 Å². The molecule has 1 aromatic rings. The summed E-state index contributed by atoms with van der Waals surface area (Å²) in [7, 11) is -1.44. The second-order valence-corrected chi connectivity index (χ2v) is 9.56. The van der Waals surface area contributed by atoms with E-state index in [-0.39, 0.29) is 11.3 Å². The Kier molecular flexibility index (Phi) is 4.69. The minimum Gasteiger partial charge on any atom is -0.354 e. The Bertz CT molecular complexity index is 666. The zero-order valence-electron chi connectivity index (χ0n) is 12.4. The molecule has 0 aromatic carbocycles. The molecule has 2 heterocycles. The Morgan fingerprint density at radius 3 is 2.77 bits per heavy atom. The van der Waals surface area contributed by atoms with E-state index in [1.807, 2.05) is 6.07 Å². The van der Waals surface area contributed by atoms with E-state index in [1.165, 1.54) is 0 Å². The van der Waals surface area contributed by atoms with Gasteiger partial charge in [-0.3, -0.25) is 0 Å². The first-order chi connectivity index (χ1) is 10.4. The molecule has 22 heavy (non-hydrogen) atoms. The summed E-state index contributed by atoms with van der Waals surface area (Å²) < 4.78 is 27.2. The fourth-order valence-corrected chi connectivity index (χ4v) is 5.43. The molecule has 0 spiro atoms. The number of aromatic nitrogens is 1. The zero-order valence-corrected chi connectivity index (χ0v) is 15.5. The summed E-state index contributed by atoms with van der Waals surface area (Å²) in [5.41, 5.74) is 0. The van der Waals surface area contributed by atoms with E-state index in [0.29, 0.717) is 11.6 Å². The molecule has 1 unspecified atom stereocenters. The van der Waals surface area contributed by atoms with Gasteiger partial charge in [0.05, 0.1) is 10.3 Å². The predicted molar refractivity (Wildman–Crippen MR) is 91.9 cm³/mol. The summed E-state index contributed by atoms with van der Waals surface area (Å²) in [6.45, 7) is 1.49. The molecule has 2 aliphatic rings. The monoisotopic (exact) mass is 407 g/mol. The molecule has 1 atom stereocenters. The maximum absolute atomic E-state index is 12.4. The quantitative estimate of drug-likeness (QED) is 0.769. The molecule has 122 valence electrons. The zero-order chi connectivity index (χ0) is 15.9. The van der Waals surface area contributed by atoms with Gasteiger partial charge in [-0.1, -0.05) is 11.6 Å². The van der Waals surface area contributed by atoms with Crippen molar-refractivity contribution in [3.05, 3.63) is 21.8 Å². The van der Waals surface area contributed by atoms with Gasteiger partial charge in [0.1, 0.15) is 5.82 Å². The molecule has 0 radical (unpaired) electrons. The van der Waals surface area contributed by atoms with Crippen LogP contribution in [0, 0.1) is 0 Å². The maximum Gasteiger partial charge on any atom is 0.217 e. The fourth-order valence-electron chi connectivity index (χ4n) is 2.89. The van der Waals surface area contributed by atoms with Gasteiger partial charge in [-0.15, -0.1) is 0 Å². The van der Waals surface area contributed by atoms with Crippen LogP contribution >= 0.6 is 27.5 Å². The smallest absolute Gasteiger partial charge is 0.217 e. The largest absolute Gasteiger partial charge is 0.354 e. The van der Waals surface area contributed by atoms with Crippen LogP contribution < -0.4 is 4.90 Å². The van der Waals surface area contributed by atoms with Crippen molar-refractivity contribution < 1.29 is 8.42 Å². The highest BCUT2D eigenvalue weighted by atomic mass is 79.9. The lowest BCUT2D eigenvalue weighted by Crippen LogP contribution is -2.49. The van der Waals surface area contributed by atoms with Gasteiger partial charge in [0.2, 0.25) is 10.0 Å². The second-order valence-electron chi connectivity index (χ2n) is 5.96. The van der Waals surface area contributed by atoms with Gasteiger partial charge in [0.25, 0.3) is 0 Å². The fraction of sp³-hybridized carbons (Fsp3) is 0.643. The average Bonchev–Trinajstić information content (AvgIpc) is 3.31. The van der Waals surface area contributed by atoms with Crippen LogP contribution in [-0.2, 0) is 10.0 Å². The molecule has 2 fully saturated rings. The number of halogens is 2. The number of hydrogen-bond acceptors (Lipinski definition) is 4. The highest BCUT2D eigenvalue weighted by molar-refractivity contribution is 9.10. The SMILES string of the molecule is CN(C1CCCN(c2ncc(Br)cc2Cl)C1)S(=O)(=O)C1CC1. The third-order valence-corrected chi connectivity index (χ3v) is 7.47. The minimum atomic E-state index is -3.14. The van der Waals surface area contributed by atoms with Crippen molar-refractivity contribution in [3.63, 3.8) is 0 Å². The molecular weight excluding hydrogens is 390 g/mol. The minimum absolute atomic E-state index is 0.0131. The summed E-state index contributed by atoms with van der Waals surface area (Å²) in [5, 5.41) is 0.421. The lowest BCUT2D eigenvalue weighted by atomic mass is 10.1. The Labute approximate surface area is 144 Å². The number of likely N-dealkylation sites (N-methyl/N-ethyl adjacent to an activating group) is 1. The molecular formula is C14H19BrClN3O2S. The van der Waals surface area contributed by atoms with Crippen molar-refractivity contribution >= 4 is 43.4 Å². The van der Waals surface area contributed by atoms with Gasteiger partial charge in [-0.05, 0) is 47.7 Å². The molecule has 0 amide bonds. The van der Waals surface area contributed by atoms with Gasteiger partial charge >= 0.3 is 0 Å². The van der Waals surface area contributed by atoms with Crippen molar-refractivity contribution in [2.45, 2.75) is 37.0 Å². The number of pyridine rings is 1. The number of hydrogen-bond donors (Lipinski definition) is 0. The normalized spacial score (nSPS) is 23.1. The predicted octanol–water partition coefficient (Wildman–Crippen LogP) is 2.89. The van der Waals surface area contributed by atoms with Gasteiger partial charge in [-0.25, -0.2) is 13.4 Å². The van der Waals surface area contributed by atoms with E-state index in [4.69, 9.17) is 11.6 Å². The van der Waals surface area contributed by atoms with Gasteiger partial charge < -0.3 is 4.90 Å². The summed E-state index contributed by atoms with van der Waals surface area (Å²) in [4.78, 5) is 6.47. The molecule has 1 aliphatic heterocycles. The van der Waals surface area contributed by atoms with Crippen LogP contribution in [0.25, 0.3) is 0 Å².